The number of ether oxygens (including phenoxy) is 3. The topological polar surface area (TPSA) is 88.6 Å². The third-order valence-corrected chi connectivity index (χ3v) is 2.85. The number of carbonyl (C=O) groups excluding carboxylic acids is 1. The van der Waals surface area contributed by atoms with Crippen LogP contribution in [0.15, 0.2) is 0 Å². The molecule has 1 aliphatic heterocycles. The minimum Gasteiger partial charge on any atom is -0.464 e. The van der Waals surface area contributed by atoms with Crippen LogP contribution < -0.4 is 5.73 Å². The molecule has 18 heavy (non-hydrogen) atoms. The molecule has 7 nitrogen and oxygen atoms in total. The fraction of sp³-hybridized carbons (Fsp3) is 0.636. The summed E-state index contributed by atoms with van der Waals surface area (Å²) in [6, 6.07) is 0. The van der Waals surface area contributed by atoms with Gasteiger partial charge in [-0.1, -0.05) is 0 Å². The summed E-state index contributed by atoms with van der Waals surface area (Å²) in [5.74, 6) is 0.422. The summed E-state index contributed by atoms with van der Waals surface area (Å²) in [7, 11) is 1.30. The first-order chi connectivity index (χ1) is 8.63. The molecule has 1 aromatic rings. The van der Waals surface area contributed by atoms with Crippen molar-refractivity contribution in [3.63, 3.8) is 0 Å². The first-order valence-electron chi connectivity index (χ1n) is 5.73. The fourth-order valence-corrected chi connectivity index (χ4v) is 1.90. The van der Waals surface area contributed by atoms with Crippen molar-refractivity contribution in [2.24, 2.45) is 0 Å². The van der Waals surface area contributed by atoms with Crippen LogP contribution in [-0.2, 0) is 20.8 Å². The van der Waals surface area contributed by atoms with Crippen molar-refractivity contribution in [3.05, 3.63) is 11.5 Å². The van der Waals surface area contributed by atoms with Gasteiger partial charge in [0.2, 0.25) is 0 Å². The van der Waals surface area contributed by atoms with E-state index in [9.17, 15) is 4.79 Å². The van der Waals surface area contributed by atoms with E-state index < -0.39 is 5.97 Å². The summed E-state index contributed by atoms with van der Waals surface area (Å²) in [5, 5.41) is 0. The molecule has 2 rings (SSSR count). The summed E-state index contributed by atoms with van der Waals surface area (Å²) in [4.78, 5) is 15.6. The molecule has 100 valence electrons. The van der Waals surface area contributed by atoms with E-state index in [-0.39, 0.29) is 11.8 Å². The van der Waals surface area contributed by atoms with Crippen LogP contribution >= 0.6 is 0 Å². The van der Waals surface area contributed by atoms with Crippen LogP contribution in [-0.4, -0.2) is 48.6 Å². The maximum absolute atomic E-state index is 11.5. The molecule has 0 saturated carbocycles. The van der Waals surface area contributed by atoms with Crippen molar-refractivity contribution in [2.45, 2.75) is 19.6 Å². The quantitative estimate of drug-likeness (QED) is 0.763. The molecule has 0 bridgehead atoms. The number of methoxy groups -OCH3 is 1. The van der Waals surface area contributed by atoms with Gasteiger partial charge in [0.15, 0.2) is 5.69 Å². The van der Waals surface area contributed by atoms with Gasteiger partial charge in [-0.05, 0) is 6.92 Å². The number of anilines is 1. The summed E-state index contributed by atoms with van der Waals surface area (Å²) < 4.78 is 17.2. The van der Waals surface area contributed by atoms with Crippen LogP contribution in [0, 0.1) is 6.92 Å². The van der Waals surface area contributed by atoms with Gasteiger partial charge in [-0.15, -0.1) is 0 Å². The van der Waals surface area contributed by atoms with Crippen LogP contribution in [0.5, 0.6) is 0 Å². The van der Waals surface area contributed by atoms with Gasteiger partial charge in [-0.2, -0.15) is 0 Å². The number of rotatable bonds is 3. The van der Waals surface area contributed by atoms with E-state index >= 15 is 0 Å². The molecule has 0 radical (unpaired) electrons. The molecule has 1 atom stereocenters. The van der Waals surface area contributed by atoms with Gasteiger partial charge in [-0.25, -0.2) is 9.78 Å². The SMILES string of the molecule is COC(=O)c1nc(C)n(CC2COCCO2)c1N. The van der Waals surface area contributed by atoms with E-state index in [1.165, 1.54) is 7.11 Å². The second-order valence-electron chi connectivity index (χ2n) is 4.06. The highest BCUT2D eigenvalue weighted by atomic mass is 16.6. The lowest BCUT2D eigenvalue weighted by Gasteiger charge is -2.24. The van der Waals surface area contributed by atoms with Gasteiger partial charge < -0.3 is 24.5 Å². The second-order valence-corrected chi connectivity index (χ2v) is 4.06. The third-order valence-electron chi connectivity index (χ3n) is 2.85. The van der Waals surface area contributed by atoms with Crippen LogP contribution in [0.4, 0.5) is 5.82 Å². The smallest absolute Gasteiger partial charge is 0.360 e. The van der Waals surface area contributed by atoms with Crippen molar-refractivity contribution in [2.75, 3.05) is 32.7 Å². The number of carbonyl (C=O) groups is 1. The molecule has 2 N–H and O–H groups in total. The van der Waals surface area contributed by atoms with Crippen molar-refractivity contribution in [3.8, 4) is 0 Å². The Balaban J connectivity index is 2.17. The highest BCUT2D eigenvalue weighted by molar-refractivity contribution is 5.92. The van der Waals surface area contributed by atoms with Crippen molar-refractivity contribution >= 4 is 11.8 Å². The lowest BCUT2D eigenvalue weighted by atomic mass is 10.3. The molecule has 1 saturated heterocycles. The molecule has 1 unspecified atom stereocenters. The lowest BCUT2D eigenvalue weighted by molar-refractivity contribution is -0.0935. The van der Waals surface area contributed by atoms with Crippen LogP contribution in [0.1, 0.15) is 16.3 Å². The Morgan fingerprint density at radius 3 is 3.00 bits per heavy atom. The van der Waals surface area contributed by atoms with Crippen LogP contribution in [0.3, 0.4) is 0 Å². The zero-order chi connectivity index (χ0) is 13.1. The first-order valence-corrected chi connectivity index (χ1v) is 5.73. The summed E-state index contributed by atoms with van der Waals surface area (Å²) in [5.41, 5.74) is 6.05. The Morgan fingerprint density at radius 1 is 1.61 bits per heavy atom. The highest BCUT2D eigenvalue weighted by Crippen LogP contribution is 2.17. The van der Waals surface area contributed by atoms with E-state index in [2.05, 4.69) is 9.72 Å². The van der Waals surface area contributed by atoms with Gasteiger partial charge in [0.05, 0.1) is 39.6 Å². The fourth-order valence-electron chi connectivity index (χ4n) is 1.90. The predicted molar refractivity (Wildman–Crippen MR) is 63.3 cm³/mol. The zero-order valence-electron chi connectivity index (χ0n) is 10.5. The second kappa shape index (κ2) is 5.36. The number of hydrogen-bond acceptors (Lipinski definition) is 6. The number of nitrogens with zero attached hydrogens (tertiary/aromatic N) is 2. The minimum absolute atomic E-state index is 0.0700. The normalized spacial score (nSPS) is 19.8. The monoisotopic (exact) mass is 255 g/mol. The number of hydrogen-bond donors (Lipinski definition) is 1. The number of nitrogens with two attached hydrogens (primary N) is 1. The van der Waals surface area contributed by atoms with Crippen molar-refractivity contribution in [1.82, 2.24) is 9.55 Å². The van der Waals surface area contributed by atoms with Gasteiger partial charge in [0, 0.05) is 0 Å². The molecule has 0 amide bonds. The number of imidazole rings is 1. The number of aryl methyl sites for hydroxylation is 1. The summed E-state index contributed by atoms with van der Waals surface area (Å²) in [6.07, 6.45) is -0.0700. The number of aromatic nitrogens is 2. The van der Waals surface area contributed by atoms with Crippen LogP contribution in [0.2, 0.25) is 0 Å². The Kier molecular flexibility index (Phi) is 3.83. The molecule has 0 aliphatic carbocycles. The lowest BCUT2D eigenvalue weighted by Crippen LogP contribution is -2.32. The number of nitrogen functional groups attached to an aromatic ring is 1. The zero-order valence-corrected chi connectivity index (χ0v) is 10.5. The van der Waals surface area contributed by atoms with Gasteiger partial charge in [-0.3, -0.25) is 0 Å². The largest absolute Gasteiger partial charge is 0.464 e. The van der Waals surface area contributed by atoms with Gasteiger partial charge in [0.1, 0.15) is 11.6 Å². The summed E-state index contributed by atoms with van der Waals surface area (Å²) >= 11 is 0. The van der Waals surface area contributed by atoms with E-state index in [1.807, 2.05) is 0 Å². The molecular formula is C11H17N3O4. The van der Waals surface area contributed by atoms with E-state index in [1.54, 1.807) is 11.5 Å². The van der Waals surface area contributed by atoms with Gasteiger partial charge in [0.25, 0.3) is 0 Å². The van der Waals surface area contributed by atoms with E-state index in [0.29, 0.717) is 38.0 Å². The first kappa shape index (κ1) is 12.8. The predicted octanol–water partition coefficient (Wildman–Crippen LogP) is -0.0243. The molecule has 0 spiro atoms. The minimum atomic E-state index is -0.532. The number of esters is 1. The van der Waals surface area contributed by atoms with E-state index in [0.717, 1.165) is 0 Å². The maximum atomic E-state index is 11.5. The average Bonchev–Trinajstić information content (AvgIpc) is 2.67. The van der Waals surface area contributed by atoms with Crippen molar-refractivity contribution < 1.29 is 19.0 Å². The van der Waals surface area contributed by atoms with Crippen molar-refractivity contribution in [1.29, 1.82) is 0 Å². The van der Waals surface area contributed by atoms with Gasteiger partial charge >= 0.3 is 5.97 Å². The Bertz CT molecular complexity index is 438. The standard InChI is InChI=1S/C11H17N3O4/c1-7-13-9(11(15)16-2)10(12)14(7)5-8-6-17-3-4-18-8/h8H,3-6,12H2,1-2H3. The molecule has 2 heterocycles. The molecule has 7 heteroatoms. The van der Waals surface area contributed by atoms with Crippen LogP contribution in [0.25, 0.3) is 0 Å². The third kappa shape index (κ3) is 2.46. The molecular weight excluding hydrogens is 238 g/mol. The Morgan fingerprint density at radius 2 is 2.39 bits per heavy atom. The maximum Gasteiger partial charge on any atom is 0.360 e. The highest BCUT2D eigenvalue weighted by Gasteiger charge is 2.22. The molecule has 1 aliphatic rings. The summed E-state index contributed by atoms with van der Waals surface area (Å²) in [6.45, 7) is 4.00. The van der Waals surface area contributed by atoms with E-state index in [4.69, 9.17) is 15.2 Å². The Hall–Kier alpha value is -1.60. The molecule has 1 fully saturated rings. The molecule has 0 aromatic carbocycles. The molecule has 1 aromatic heterocycles. The Labute approximate surface area is 105 Å². The average molecular weight is 255 g/mol.